The van der Waals surface area contributed by atoms with Crippen LogP contribution < -0.4 is 0 Å². The van der Waals surface area contributed by atoms with E-state index in [9.17, 15) is 9.59 Å². The Morgan fingerprint density at radius 1 is 1.04 bits per heavy atom. The van der Waals surface area contributed by atoms with Crippen LogP contribution >= 0.6 is 23.1 Å². The van der Waals surface area contributed by atoms with Gasteiger partial charge in [0.05, 0.1) is 10.6 Å². The van der Waals surface area contributed by atoms with Crippen molar-refractivity contribution in [1.29, 1.82) is 0 Å². The number of aromatic nitrogens is 3. The predicted molar refractivity (Wildman–Crippen MR) is 109 cm³/mol. The molecule has 1 fully saturated rings. The van der Waals surface area contributed by atoms with Crippen molar-refractivity contribution in [3.63, 3.8) is 0 Å². The van der Waals surface area contributed by atoms with Crippen molar-refractivity contribution >= 4 is 34.9 Å². The minimum atomic E-state index is 0.0410. The molecule has 1 aliphatic rings. The average Bonchev–Trinajstić information content (AvgIpc) is 3.44. The van der Waals surface area contributed by atoms with Crippen molar-refractivity contribution < 1.29 is 9.59 Å². The van der Waals surface area contributed by atoms with Gasteiger partial charge in [0.15, 0.2) is 5.82 Å². The number of thiophene rings is 1. The summed E-state index contributed by atoms with van der Waals surface area (Å²) in [5.74, 6) is 1.06. The van der Waals surface area contributed by atoms with E-state index in [0.29, 0.717) is 37.2 Å². The first kappa shape index (κ1) is 18.7. The van der Waals surface area contributed by atoms with Crippen LogP contribution in [0.5, 0.6) is 0 Å². The summed E-state index contributed by atoms with van der Waals surface area (Å²) in [5.41, 5.74) is 0.958. The monoisotopic (exact) mass is 413 g/mol. The number of rotatable bonds is 5. The summed E-state index contributed by atoms with van der Waals surface area (Å²) in [5, 5.41) is 9.54. The fourth-order valence-corrected chi connectivity index (χ4v) is 4.36. The molecule has 1 saturated heterocycles. The van der Waals surface area contributed by atoms with Crippen molar-refractivity contribution in [3.8, 4) is 11.4 Å². The van der Waals surface area contributed by atoms with Gasteiger partial charge in [-0.2, -0.15) is 0 Å². The molecule has 3 heterocycles. The van der Waals surface area contributed by atoms with Gasteiger partial charge in [-0.05, 0) is 11.4 Å². The van der Waals surface area contributed by atoms with Gasteiger partial charge in [0.1, 0.15) is 0 Å². The second-order valence-corrected chi connectivity index (χ2v) is 8.16. The highest BCUT2D eigenvalue weighted by molar-refractivity contribution is 7.99. The summed E-state index contributed by atoms with van der Waals surface area (Å²) < 4.78 is 0. The molecule has 0 spiro atoms. The Balaban J connectivity index is 1.26. The number of hydrogen-bond donors (Lipinski definition) is 1. The lowest BCUT2D eigenvalue weighted by atomic mass is 10.2. The molecule has 1 N–H and O–H groups in total. The third-order valence-corrected chi connectivity index (χ3v) is 6.18. The van der Waals surface area contributed by atoms with E-state index in [1.165, 1.54) is 23.1 Å². The minimum absolute atomic E-state index is 0.0410. The van der Waals surface area contributed by atoms with E-state index >= 15 is 0 Å². The summed E-state index contributed by atoms with van der Waals surface area (Å²) in [6.07, 6.45) is 0. The maximum atomic E-state index is 12.5. The zero-order chi connectivity index (χ0) is 19.3. The molecule has 0 saturated carbocycles. The number of carbonyl (C=O) groups excluding carboxylic acids is 2. The van der Waals surface area contributed by atoms with Gasteiger partial charge >= 0.3 is 0 Å². The van der Waals surface area contributed by atoms with Crippen molar-refractivity contribution in [2.24, 2.45) is 0 Å². The first-order chi connectivity index (χ1) is 13.7. The number of piperazine rings is 1. The van der Waals surface area contributed by atoms with Crippen LogP contribution in [0.3, 0.4) is 0 Å². The van der Waals surface area contributed by atoms with Gasteiger partial charge in [-0.1, -0.05) is 48.2 Å². The number of thioether (sulfide) groups is 1. The maximum Gasteiger partial charge on any atom is 0.264 e. The molecule has 0 radical (unpaired) electrons. The molecule has 0 unspecified atom stereocenters. The third kappa shape index (κ3) is 4.26. The first-order valence-corrected chi connectivity index (χ1v) is 10.8. The van der Waals surface area contributed by atoms with Crippen LogP contribution in [0.1, 0.15) is 9.67 Å². The molecule has 1 aromatic carbocycles. The Hall–Kier alpha value is -2.65. The van der Waals surface area contributed by atoms with Crippen LogP contribution in [0.25, 0.3) is 11.4 Å². The lowest BCUT2D eigenvalue weighted by Crippen LogP contribution is -2.51. The number of aromatic amines is 1. The highest BCUT2D eigenvalue weighted by Gasteiger charge is 2.25. The molecule has 0 bridgehead atoms. The van der Waals surface area contributed by atoms with Gasteiger partial charge in [0.2, 0.25) is 11.1 Å². The zero-order valence-electron chi connectivity index (χ0n) is 15.1. The summed E-state index contributed by atoms with van der Waals surface area (Å²) in [7, 11) is 0. The van der Waals surface area contributed by atoms with Gasteiger partial charge < -0.3 is 9.80 Å². The molecule has 2 amide bonds. The fraction of sp³-hybridized carbons (Fsp3) is 0.263. The number of amides is 2. The number of benzene rings is 1. The van der Waals surface area contributed by atoms with Crippen LogP contribution in [-0.2, 0) is 4.79 Å². The molecule has 1 aliphatic heterocycles. The van der Waals surface area contributed by atoms with Gasteiger partial charge in [-0.15, -0.1) is 16.4 Å². The predicted octanol–water partition coefficient (Wildman–Crippen LogP) is 2.61. The van der Waals surface area contributed by atoms with Crippen molar-refractivity contribution in [3.05, 3.63) is 52.7 Å². The van der Waals surface area contributed by atoms with Crippen molar-refractivity contribution in [2.45, 2.75) is 5.16 Å². The fourth-order valence-electron chi connectivity index (χ4n) is 2.97. The lowest BCUT2D eigenvalue weighted by Gasteiger charge is -2.34. The molecule has 2 aromatic heterocycles. The van der Waals surface area contributed by atoms with Crippen molar-refractivity contribution in [2.75, 3.05) is 31.9 Å². The number of carbonyl (C=O) groups is 2. The minimum Gasteiger partial charge on any atom is -0.338 e. The Morgan fingerprint density at radius 3 is 2.50 bits per heavy atom. The number of H-pyrrole nitrogens is 1. The molecule has 0 aliphatic carbocycles. The number of hydrogen-bond acceptors (Lipinski definition) is 6. The Labute approximate surface area is 170 Å². The lowest BCUT2D eigenvalue weighted by molar-refractivity contribution is -0.129. The van der Waals surface area contributed by atoms with Crippen LogP contribution in [0, 0.1) is 0 Å². The van der Waals surface area contributed by atoms with Crippen molar-refractivity contribution in [1.82, 2.24) is 25.0 Å². The quantitative estimate of drug-likeness (QED) is 0.650. The van der Waals surface area contributed by atoms with Gasteiger partial charge in [-0.3, -0.25) is 14.7 Å². The second kappa shape index (κ2) is 8.57. The Kier molecular flexibility index (Phi) is 5.73. The van der Waals surface area contributed by atoms with E-state index in [-0.39, 0.29) is 17.6 Å². The highest BCUT2D eigenvalue weighted by Crippen LogP contribution is 2.20. The highest BCUT2D eigenvalue weighted by atomic mass is 32.2. The molecule has 7 nitrogen and oxygen atoms in total. The largest absolute Gasteiger partial charge is 0.338 e. The summed E-state index contributed by atoms with van der Waals surface area (Å²) >= 11 is 2.77. The van der Waals surface area contributed by atoms with E-state index in [1.54, 1.807) is 4.90 Å². The standard InChI is InChI=1S/C19H19N5O2S2/c25-16(13-28-19-20-17(21-22-19)14-5-2-1-3-6-14)23-8-10-24(11-9-23)18(26)15-7-4-12-27-15/h1-7,12H,8-11,13H2,(H,20,21,22). The van der Waals surface area contributed by atoms with Gasteiger partial charge in [0.25, 0.3) is 5.91 Å². The molecule has 4 rings (SSSR count). The number of nitrogens with zero attached hydrogens (tertiary/aromatic N) is 4. The maximum absolute atomic E-state index is 12.5. The second-order valence-electron chi connectivity index (χ2n) is 6.27. The van der Waals surface area contributed by atoms with E-state index in [2.05, 4.69) is 15.2 Å². The summed E-state index contributed by atoms with van der Waals surface area (Å²) in [6, 6.07) is 13.5. The van der Waals surface area contributed by atoms with Gasteiger partial charge in [0, 0.05) is 31.7 Å². The van der Waals surface area contributed by atoms with E-state index in [0.717, 1.165) is 10.4 Å². The van der Waals surface area contributed by atoms with Crippen LogP contribution in [0.4, 0.5) is 0 Å². The molecule has 3 aromatic rings. The zero-order valence-corrected chi connectivity index (χ0v) is 16.7. The third-order valence-electron chi connectivity index (χ3n) is 4.49. The van der Waals surface area contributed by atoms with E-state index < -0.39 is 0 Å². The molecule has 9 heteroatoms. The van der Waals surface area contributed by atoms with E-state index in [4.69, 9.17) is 0 Å². The van der Waals surface area contributed by atoms with Crippen LogP contribution in [0.2, 0.25) is 0 Å². The average molecular weight is 414 g/mol. The van der Waals surface area contributed by atoms with Gasteiger partial charge in [-0.25, -0.2) is 4.98 Å². The molecule has 0 atom stereocenters. The first-order valence-electron chi connectivity index (χ1n) is 8.92. The molecular formula is C19H19N5O2S2. The summed E-state index contributed by atoms with van der Waals surface area (Å²) in [6.45, 7) is 2.23. The molecule has 144 valence electrons. The SMILES string of the molecule is O=C(CSc1n[nH]c(-c2ccccc2)n1)N1CCN(C(=O)c2cccs2)CC1. The van der Waals surface area contributed by atoms with Crippen LogP contribution in [-0.4, -0.2) is 68.7 Å². The van der Waals surface area contributed by atoms with Crippen LogP contribution in [0.15, 0.2) is 53.0 Å². The Bertz CT molecular complexity index is 934. The van der Waals surface area contributed by atoms with E-state index in [1.807, 2.05) is 52.7 Å². The smallest absolute Gasteiger partial charge is 0.264 e. The topological polar surface area (TPSA) is 82.2 Å². The normalized spacial score (nSPS) is 14.3. The summed E-state index contributed by atoms with van der Waals surface area (Å²) in [4.78, 5) is 33.7. The Morgan fingerprint density at radius 2 is 1.79 bits per heavy atom. The number of nitrogens with one attached hydrogen (secondary N) is 1. The molecule has 28 heavy (non-hydrogen) atoms. The molecular weight excluding hydrogens is 394 g/mol.